The zero-order chi connectivity index (χ0) is 18.0. The van der Waals surface area contributed by atoms with E-state index in [4.69, 9.17) is 0 Å². The molecule has 138 valence electrons. The van der Waals surface area contributed by atoms with Crippen molar-refractivity contribution in [3.63, 3.8) is 0 Å². The predicted molar refractivity (Wildman–Crippen MR) is 96.8 cm³/mol. The quantitative estimate of drug-likeness (QED) is 0.772. The maximum atomic E-state index is 12.5. The fourth-order valence-electron chi connectivity index (χ4n) is 7.47. The van der Waals surface area contributed by atoms with E-state index in [0.717, 1.165) is 38.5 Å². The lowest BCUT2D eigenvalue weighted by atomic mass is 9.48. The van der Waals surface area contributed by atoms with Crippen molar-refractivity contribution in [2.24, 2.45) is 40.4 Å². The average molecular weight is 344 g/mol. The van der Waals surface area contributed by atoms with Gasteiger partial charge in [-0.1, -0.05) is 32.4 Å². The molecular weight excluding hydrogens is 312 g/mol. The summed E-state index contributed by atoms with van der Waals surface area (Å²) in [6.45, 7) is 6.58. The summed E-state index contributed by atoms with van der Waals surface area (Å²) in [5.74, 6) is 2.50. The normalized spacial score (nSPS) is 49.0. The first-order valence-corrected chi connectivity index (χ1v) is 10.2. The first kappa shape index (κ1) is 17.5. The Morgan fingerprint density at radius 3 is 2.80 bits per heavy atom. The van der Waals surface area contributed by atoms with Gasteiger partial charge >= 0.3 is 0 Å². The van der Waals surface area contributed by atoms with Gasteiger partial charge in [-0.05, 0) is 66.6 Å². The van der Waals surface area contributed by atoms with Gasteiger partial charge in [0, 0.05) is 18.8 Å². The number of aliphatic hydroxyl groups excluding tert-OH is 1. The number of fused-ring (bicyclic) bond motifs is 5. The van der Waals surface area contributed by atoms with E-state index >= 15 is 0 Å². The summed E-state index contributed by atoms with van der Waals surface area (Å²) in [4.78, 5) is 24.4. The molecule has 0 spiro atoms. The summed E-state index contributed by atoms with van der Waals surface area (Å²) in [7, 11) is 0. The van der Waals surface area contributed by atoms with E-state index in [1.54, 1.807) is 5.57 Å². The lowest BCUT2D eigenvalue weighted by molar-refractivity contribution is -0.131. The van der Waals surface area contributed by atoms with Gasteiger partial charge in [-0.2, -0.15) is 0 Å². The van der Waals surface area contributed by atoms with E-state index in [9.17, 15) is 14.7 Å². The van der Waals surface area contributed by atoms with Crippen LogP contribution in [0.2, 0.25) is 0 Å². The highest BCUT2D eigenvalue weighted by molar-refractivity contribution is 5.83. The number of allylic oxidation sites excluding steroid dienone is 2. The standard InChI is InChI=1S/C22H32O3/c1-13-10-18-16-5-4-14-11-15(24)6-8-21(14,2)17(16)7-9-22(18,3)20(13)19(25)12-23/h7,13-14,16,18,20,23H,4-6,8-12H2,1-3H3/t13-,14+,16-,18+,20-,21+,22+/m1/s1. The Bertz CT molecular complexity index is 635. The average Bonchev–Trinajstić information content (AvgIpc) is 2.85. The monoisotopic (exact) mass is 344 g/mol. The van der Waals surface area contributed by atoms with Crippen LogP contribution < -0.4 is 0 Å². The van der Waals surface area contributed by atoms with Crippen LogP contribution in [-0.2, 0) is 9.59 Å². The third-order valence-electron chi connectivity index (χ3n) is 8.69. The van der Waals surface area contributed by atoms with Gasteiger partial charge in [-0.25, -0.2) is 0 Å². The highest BCUT2D eigenvalue weighted by atomic mass is 16.3. The molecule has 0 amide bonds. The van der Waals surface area contributed by atoms with E-state index in [2.05, 4.69) is 26.8 Å². The smallest absolute Gasteiger partial charge is 0.162 e. The summed E-state index contributed by atoms with van der Waals surface area (Å²) in [5.41, 5.74) is 1.81. The van der Waals surface area contributed by atoms with Gasteiger partial charge in [0.15, 0.2) is 5.78 Å². The molecule has 3 fully saturated rings. The van der Waals surface area contributed by atoms with E-state index in [1.807, 2.05) is 0 Å². The Morgan fingerprint density at radius 2 is 2.08 bits per heavy atom. The summed E-state index contributed by atoms with van der Waals surface area (Å²) in [6, 6.07) is 0. The second kappa shape index (κ2) is 5.77. The van der Waals surface area contributed by atoms with Crippen LogP contribution in [0.4, 0.5) is 0 Å². The second-order valence-electron chi connectivity index (χ2n) is 9.83. The molecule has 3 nitrogen and oxygen atoms in total. The molecule has 0 aliphatic heterocycles. The minimum absolute atomic E-state index is 0.00107. The molecule has 0 aromatic rings. The van der Waals surface area contributed by atoms with Crippen molar-refractivity contribution >= 4 is 11.6 Å². The first-order valence-electron chi connectivity index (χ1n) is 10.2. The van der Waals surface area contributed by atoms with E-state index in [1.165, 1.54) is 6.42 Å². The summed E-state index contributed by atoms with van der Waals surface area (Å²) < 4.78 is 0. The van der Waals surface area contributed by atoms with Crippen LogP contribution in [0.25, 0.3) is 0 Å². The summed E-state index contributed by atoms with van der Waals surface area (Å²) in [6.07, 6.45) is 9.37. The van der Waals surface area contributed by atoms with Crippen LogP contribution in [0.5, 0.6) is 0 Å². The fourth-order valence-corrected chi connectivity index (χ4v) is 7.47. The van der Waals surface area contributed by atoms with Gasteiger partial charge in [0.2, 0.25) is 0 Å². The van der Waals surface area contributed by atoms with Crippen molar-refractivity contribution < 1.29 is 14.7 Å². The van der Waals surface area contributed by atoms with Gasteiger partial charge in [-0.15, -0.1) is 0 Å². The number of Topliss-reactive ketones (excluding diaryl/α,β-unsaturated/α-hetero) is 2. The number of aliphatic hydroxyl groups is 1. The molecule has 0 bridgehead atoms. The molecule has 3 heteroatoms. The number of rotatable bonds is 2. The molecule has 0 aromatic carbocycles. The molecule has 7 atom stereocenters. The fraction of sp³-hybridized carbons (Fsp3) is 0.818. The minimum Gasteiger partial charge on any atom is -0.389 e. The second-order valence-corrected chi connectivity index (χ2v) is 9.83. The Kier molecular flexibility index (Phi) is 4.03. The SMILES string of the molecule is C[C@@H]1C[C@H]2[C@@H]3CC[C@H]4CC(=O)CC[C@]4(C)C3=CC[C@]2(C)[C@H]1C(=O)CO. The van der Waals surface area contributed by atoms with Crippen LogP contribution in [0.15, 0.2) is 11.6 Å². The van der Waals surface area contributed by atoms with Gasteiger partial charge in [0.1, 0.15) is 12.4 Å². The summed E-state index contributed by atoms with van der Waals surface area (Å²) >= 11 is 0. The minimum atomic E-state index is -0.319. The molecule has 4 rings (SSSR count). The molecule has 0 heterocycles. The third kappa shape index (κ3) is 2.34. The van der Waals surface area contributed by atoms with Gasteiger partial charge < -0.3 is 5.11 Å². The van der Waals surface area contributed by atoms with Crippen LogP contribution >= 0.6 is 0 Å². The zero-order valence-electron chi connectivity index (χ0n) is 15.9. The van der Waals surface area contributed by atoms with Crippen molar-refractivity contribution in [2.45, 2.75) is 65.7 Å². The highest BCUT2D eigenvalue weighted by Gasteiger charge is 2.60. The van der Waals surface area contributed by atoms with Gasteiger partial charge in [-0.3, -0.25) is 9.59 Å². The van der Waals surface area contributed by atoms with E-state index in [0.29, 0.717) is 29.5 Å². The van der Waals surface area contributed by atoms with Crippen LogP contribution in [0.3, 0.4) is 0 Å². The predicted octanol–water partition coefficient (Wildman–Crippen LogP) is 3.94. The maximum absolute atomic E-state index is 12.5. The Hall–Kier alpha value is -0.960. The molecule has 0 radical (unpaired) electrons. The van der Waals surface area contributed by atoms with Crippen LogP contribution in [0.1, 0.15) is 65.7 Å². The number of hydrogen-bond acceptors (Lipinski definition) is 3. The van der Waals surface area contributed by atoms with Gasteiger partial charge in [0.05, 0.1) is 0 Å². The molecule has 0 saturated heterocycles. The summed E-state index contributed by atoms with van der Waals surface area (Å²) in [5, 5.41) is 9.47. The molecule has 3 saturated carbocycles. The van der Waals surface area contributed by atoms with Crippen LogP contribution in [0, 0.1) is 40.4 Å². The van der Waals surface area contributed by atoms with Crippen molar-refractivity contribution in [1.29, 1.82) is 0 Å². The Morgan fingerprint density at radius 1 is 1.32 bits per heavy atom. The van der Waals surface area contributed by atoms with Crippen molar-refractivity contribution in [1.82, 2.24) is 0 Å². The molecule has 0 unspecified atom stereocenters. The molecule has 0 aromatic heterocycles. The molecule has 25 heavy (non-hydrogen) atoms. The lowest BCUT2D eigenvalue weighted by Gasteiger charge is -2.55. The molecule has 4 aliphatic carbocycles. The molecule has 4 aliphatic rings. The van der Waals surface area contributed by atoms with E-state index < -0.39 is 0 Å². The first-order chi connectivity index (χ1) is 11.8. The molecule has 1 N–H and O–H groups in total. The van der Waals surface area contributed by atoms with Crippen LogP contribution in [-0.4, -0.2) is 23.3 Å². The van der Waals surface area contributed by atoms with E-state index in [-0.39, 0.29) is 29.1 Å². The number of carbonyl (C=O) groups excluding carboxylic acids is 2. The van der Waals surface area contributed by atoms with Crippen molar-refractivity contribution in [2.75, 3.05) is 6.61 Å². The Labute approximate surface area is 151 Å². The lowest BCUT2D eigenvalue weighted by Crippen LogP contribution is -2.48. The zero-order valence-corrected chi connectivity index (χ0v) is 15.9. The maximum Gasteiger partial charge on any atom is 0.162 e. The number of ketones is 2. The van der Waals surface area contributed by atoms with Crippen molar-refractivity contribution in [3.05, 3.63) is 11.6 Å². The number of carbonyl (C=O) groups is 2. The Balaban J connectivity index is 1.70. The number of hydrogen-bond donors (Lipinski definition) is 1. The van der Waals surface area contributed by atoms with Gasteiger partial charge in [0.25, 0.3) is 0 Å². The largest absolute Gasteiger partial charge is 0.389 e. The topological polar surface area (TPSA) is 54.4 Å². The third-order valence-corrected chi connectivity index (χ3v) is 8.69. The molecular formula is C22H32O3. The van der Waals surface area contributed by atoms with Crippen molar-refractivity contribution in [3.8, 4) is 0 Å². The highest BCUT2D eigenvalue weighted by Crippen LogP contribution is 2.66.